The van der Waals surface area contributed by atoms with E-state index < -0.39 is 5.79 Å². The quantitative estimate of drug-likeness (QED) is 0.791. The number of hydrogen-bond acceptors (Lipinski definition) is 4. The molecule has 0 aromatic carbocycles. The fraction of sp³-hybridized carbons (Fsp3) is 1.00. The van der Waals surface area contributed by atoms with Gasteiger partial charge in [-0.3, -0.25) is 0 Å². The highest BCUT2D eigenvalue weighted by Crippen LogP contribution is 2.53. The van der Waals surface area contributed by atoms with Crippen molar-refractivity contribution in [1.82, 2.24) is 0 Å². The van der Waals surface area contributed by atoms with Gasteiger partial charge >= 0.3 is 0 Å². The molecule has 20 heavy (non-hydrogen) atoms. The number of ether oxygens (including phenoxy) is 1. The summed E-state index contributed by atoms with van der Waals surface area (Å²) in [5, 5.41) is 9.28. The topological polar surface area (TPSA) is 47.9 Å². The summed E-state index contributed by atoms with van der Waals surface area (Å²) >= 11 is 0. The highest BCUT2D eigenvalue weighted by atomic mass is 17.2. The van der Waals surface area contributed by atoms with Crippen LogP contribution in [0.15, 0.2) is 0 Å². The van der Waals surface area contributed by atoms with Crippen molar-refractivity contribution < 1.29 is 19.6 Å². The van der Waals surface area contributed by atoms with Crippen LogP contribution in [0, 0.1) is 17.8 Å². The molecule has 1 spiro atoms. The van der Waals surface area contributed by atoms with E-state index >= 15 is 0 Å². The Labute approximate surface area is 122 Å². The largest absolute Gasteiger partial charge is 0.396 e. The van der Waals surface area contributed by atoms with Gasteiger partial charge in [-0.05, 0) is 50.4 Å². The van der Waals surface area contributed by atoms with Crippen molar-refractivity contribution >= 4 is 0 Å². The zero-order valence-electron chi connectivity index (χ0n) is 13.4. The smallest absolute Gasteiger partial charge is 0.198 e. The van der Waals surface area contributed by atoms with Gasteiger partial charge in [0.2, 0.25) is 0 Å². The van der Waals surface area contributed by atoms with Crippen molar-refractivity contribution in [3.63, 3.8) is 0 Å². The van der Waals surface area contributed by atoms with Crippen LogP contribution < -0.4 is 0 Å². The van der Waals surface area contributed by atoms with Gasteiger partial charge in [0.15, 0.2) is 5.79 Å². The van der Waals surface area contributed by atoms with Crippen molar-refractivity contribution in [2.75, 3.05) is 13.2 Å². The molecule has 0 aromatic heterocycles. The van der Waals surface area contributed by atoms with Crippen LogP contribution in [0.3, 0.4) is 0 Å². The van der Waals surface area contributed by atoms with Crippen LogP contribution in [0.1, 0.15) is 59.8 Å². The Hall–Kier alpha value is -0.160. The summed E-state index contributed by atoms with van der Waals surface area (Å²) in [4.78, 5) is 11.5. The lowest BCUT2D eigenvalue weighted by Crippen LogP contribution is -2.59. The number of aliphatic hydroxyl groups is 1. The predicted octanol–water partition coefficient (Wildman–Crippen LogP) is 3.28. The maximum atomic E-state index is 9.28. The molecule has 0 amide bonds. The molecule has 4 aliphatic rings. The molecule has 1 saturated carbocycles. The van der Waals surface area contributed by atoms with Crippen LogP contribution >= 0.6 is 0 Å². The van der Waals surface area contributed by atoms with Crippen LogP contribution in [-0.2, 0) is 14.5 Å². The SMILES string of the molecule is CC.C[C@@H]1CCC(CCO)[C@@]23COC(C)(CC[C@@H]12)OO3. The van der Waals surface area contributed by atoms with Crippen LogP contribution in [0.25, 0.3) is 0 Å². The molecular formula is C16H30O4. The Bertz CT molecular complexity index is 310. The van der Waals surface area contributed by atoms with Crippen molar-refractivity contribution in [1.29, 1.82) is 0 Å². The normalized spacial score (nSPS) is 47.0. The molecule has 3 heterocycles. The van der Waals surface area contributed by atoms with Gasteiger partial charge in [-0.1, -0.05) is 20.8 Å². The lowest BCUT2D eigenvalue weighted by atomic mass is 9.62. The zero-order valence-corrected chi connectivity index (χ0v) is 13.4. The minimum absolute atomic E-state index is 0.216. The van der Waals surface area contributed by atoms with Crippen molar-refractivity contribution in [3.8, 4) is 0 Å². The highest BCUT2D eigenvalue weighted by Gasteiger charge is 2.59. The zero-order chi connectivity index (χ0) is 14.8. The molecule has 0 radical (unpaired) electrons. The molecule has 4 nitrogen and oxygen atoms in total. The molecule has 3 saturated heterocycles. The number of fused-ring (bicyclic) bond motifs is 3. The second-order valence-corrected chi connectivity index (χ2v) is 6.45. The van der Waals surface area contributed by atoms with E-state index in [4.69, 9.17) is 14.5 Å². The Morgan fingerprint density at radius 2 is 1.90 bits per heavy atom. The molecule has 3 aliphatic heterocycles. The summed E-state index contributed by atoms with van der Waals surface area (Å²) in [5.41, 5.74) is -0.323. The summed E-state index contributed by atoms with van der Waals surface area (Å²) in [5.74, 6) is 0.928. The van der Waals surface area contributed by atoms with Crippen molar-refractivity contribution in [3.05, 3.63) is 0 Å². The molecule has 2 unspecified atom stereocenters. The fourth-order valence-electron chi connectivity index (χ4n) is 4.13. The molecule has 1 aliphatic carbocycles. The van der Waals surface area contributed by atoms with Crippen LogP contribution in [0.5, 0.6) is 0 Å². The maximum Gasteiger partial charge on any atom is 0.198 e. The minimum Gasteiger partial charge on any atom is -0.396 e. The third-order valence-electron chi connectivity index (χ3n) is 5.34. The minimum atomic E-state index is -0.563. The van der Waals surface area contributed by atoms with Crippen LogP contribution in [0.2, 0.25) is 0 Å². The first-order valence-corrected chi connectivity index (χ1v) is 8.21. The molecule has 2 bridgehead atoms. The third kappa shape index (κ3) is 2.63. The van der Waals surface area contributed by atoms with E-state index in [-0.39, 0.29) is 12.2 Å². The molecular weight excluding hydrogens is 256 g/mol. The summed E-state index contributed by atoms with van der Waals surface area (Å²) in [6.07, 6.45) is 5.10. The molecule has 1 N–H and O–H groups in total. The lowest BCUT2D eigenvalue weighted by molar-refractivity contribution is -0.515. The van der Waals surface area contributed by atoms with E-state index in [2.05, 4.69) is 6.92 Å². The summed E-state index contributed by atoms with van der Waals surface area (Å²) in [6.45, 7) is 9.10. The second kappa shape index (κ2) is 6.30. The molecule has 118 valence electrons. The van der Waals surface area contributed by atoms with E-state index in [0.717, 1.165) is 25.7 Å². The molecule has 0 aromatic rings. The van der Waals surface area contributed by atoms with Gasteiger partial charge in [0.05, 0.1) is 6.61 Å². The number of aliphatic hydroxyl groups excluding tert-OH is 1. The Morgan fingerprint density at radius 3 is 2.50 bits per heavy atom. The summed E-state index contributed by atoms with van der Waals surface area (Å²) < 4.78 is 5.95. The van der Waals surface area contributed by atoms with Crippen molar-refractivity contribution in [2.45, 2.75) is 71.2 Å². The van der Waals surface area contributed by atoms with Crippen molar-refractivity contribution in [2.24, 2.45) is 17.8 Å². The van der Waals surface area contributed by atoms with Gasteiger partial charge in [0.1, 0.15) is 5.60 Å². The molecule has 5 atom stereocenters. The Balaban J connectivity index is 0.000000704. The Morgan fingerprint density at radius 1 is 1.15 bits per heavy atom. The second-order valence-electron chi connectivity index (χ2n) is 6.45. The van der Waals surface area contributed by atoms with Gasteiger partial charge in [-0.25, -0.2) is 9.78 Å². The molecule has 4 rings (SSSR count). The first-order valence-electron chi connectivity index (χ1n) is 8.21. The summed E-state index contributed by atoms with van der Waals surface area (Å²) in [7, 11) is 0. The lowest BCUT2D eigenvalue weighted by Gasteiger charge is -2.51. The number of hydrogen-bond donors (Lipinski definition) is 1. The van der Waals surface area contributed by atoms with Gasteiger partial charge in [0.25, 0.3) is 0 Å². The van der Waals surface area contributed by atoms with E-state index in [1.54, 1.807) is 0 Å². The van der Waals surface area contributed by atoms with Gasteiger partial charge in [-0.15, -0.1) is 0 Å². The monoisotopic (exact) mass is 286 g/mol. The predicted molar refractivity (Wildman–Crippen MR) is 76.9 cm³/mol. The standard InChI is InChI=1S/C14H24O4.C2H6/c1-10-3-4-11(6-8-15)14-9-16-13(2,17-18-14)7-5-12(10)14;1-2/h10-12,15H,3-9H2,1-2H3;1-2H3/t10-,11?,12+,13?,14+;/m1./s1. The highest BCUT2D eigenvalue weighted by molar-refractivity contribution is 5.02. The van der Waals surface area contributed by atoms with Crippen LogP contribution in [-0.4, -0.2) is 29.7 Å². The molecule has 4 heteroatoms. The number of rotatable bonds is 2. The van der Waals surface area contributed by atoms with E-state index in [1.165, 1.54) is 6.42 Å². The fourth-order valence-corrected chi connectivity index (χ4v) is 4.13. The third-order valence-corrected chi connectivity index (χ3v) is 5.34. The van der Waals surface area contributed by atoms with E-state index in [1.807, 2.05) is 20.8 Å². The van der Waals surface area contributed by atoms with Gasteiger partial charge in [-0.2, -0.15) is 0 Å². The molecule has 4 fully saturated rings. The average molecular weight is 286 g/mol. The summed E-state index contributed by atoms with van der Waals surface area (Å²) in [6, 6.07) is 0. The maximum absolute atomic E-state index is 9.28. The van der Waals surface area contributed by atoms with Gasteiger partial charge < -0.3 is 9.84 Å². The Kier molecular flexibility index (Phi) is 5.11. The van der Waals surface area contributed by atoms with E-state index in [0.29, 0.717) is 24.4 Å². The average Bonchev–Trinajstić information content (AvgIpc) is 2.72. The van der Waals surface area contributed by atoms with Crippen LogP contribution in [0.4, 0.5) is 0 Å². The van der Waals surface area contributed by atoms with E-state index in [9.17, 15) is 5.11 Å². The van der Waals surface area contributed by atoms with Gasteiger partial charge in [0, 0.05) is 13.0 Å². The first-order chi connectivity index (χ1) is 9.60. The first kappa shape index (κ1) is 16.2.